The van der Waals surface area contributed by atoms with E-state index in [1.54, 1.807) is 30.5 Å². The molecule has 0 aliphatic carbocycles. The van der Waals surface area contributed by atoms with Crippen molar-refractivity contribution in [1.82, 2.24) is 10.3 Å². The molecule has 0 fully saturated rings. The van der Waals surface area contributed by atoms with E-state index in [-0.39, 0.29) is 24.0 Å². The summed E-state index contributed by atoms with van der Waals surface area (Å²) in [6, 6.07) is 20.3. The summed E-state index contributed by atoms with van der Waals surface area (Å²) in [7, 11) is 0. The predicted molar refractivity (Wildman–Crippen MR) is 110 cm³/mol. The van der Waals surface area contributed by atoms with Crippen molar-refractivity contribution in [1.29, 1.82) is 0 Å². The lowest BCUT2D eigenvalue weighted by Gasteiger charge is -2.08. The first-order valence-electron chi connectivity index (χ1n) is 9.22. The topological polar surface area (TPSA) is 84.2 Å². The smallest absolute Gasteiger partial charge is 0.291 e. The molecule has 2 amide bonds. The van der Waals surface area contributed by atoms with Crippen LogP contribution in [0.2, 0.25) is 0 Å². The minimum absolute atomic E-state index is 0.0710. The van der Waals surface area contributed by atoms with E-state index in [4.69, 9.17) is 4.42 Å². The molecule has 0 saturated carbocycles. The third-order valence-corrected chi connectivity index (χ3v) is 4.51. The molecule has 2 aromatic carbocycles. The average Bonchev–Trinajstić information content (AvgIpc) is 3.29. The quantitative estimate of drug-likeness (QED) is 0.527. The van der Waals surface area contributed by atoms with Gasteiger partial charge in [0.25, 0.3) is 5.91 Å². The highest BCUT2D eigenvalue weighted by Gasteiger charge is 2.09. The molecule has 4 rings (SSSR count). The van der Waals surface area contributed by atoms with Gasteiger partial charge in [-0.15, -0.1) is 0 Å². The van der Waals surface area contributed by atoms with Crippen LogP contribution in [-0.4, -0.2) is 16.8 Å². The largest absolute Gasteiger partial charge is 0.459 e. The second-order valence-electron chi connectivity index (χ2n) is 6.57. The van der Waals surface area contributed by atoms with Gasteiger partial charge in [0.2, 0.25) is 5.91 Å². The van der Waals surface area contributed by atoms with E-state index in [1.165, 1.54) is 6.26 Å². The van der Waals surface area contributed by atoms with Gasteiger partial charge in [0, 0.05) is 23.8 Å². The zero-order valence-electron chi connectivity index (χ0n) is 15.6. The van der Waals surface area contributed by atoms with Gasteiger partial charge in [-0.2, -0.15) is 0 Å². The molecule has 6 heteroatoms. The van der Waals surface area contributed by atoms with Crippen LogP contribution in [0.4, 0.5) is 5.69 Å². The number of amides is 2. The van der Waals surface area contributed by atoms with E-state index < -0.39 is 0 Å². The van der Waals surface area contributed by atoms with E-state index in [9.17, 15) is 9.59 Å². The van der Waals surface area contributed by atoms with Gasteiger partial charge in [0.1, 0.15) is 0 Å². The molecule has 0 bridgehead atoms. The van der Waals surface area contributed by atoms with Crippen molar-refractivity contribution in [2.45, 2.75) is 13.0 Å². The van der Waals surface area contributed by atoms with E-state index in [0.29, 0.717) is 12.2 Å². The van der Waals surface area contributed by atoms with Gasteiger partial charge in [-0.25, -0.2) is 0 Å². The van der Waals surface area contributed by atoms with Crippen molar-refractivity contribution in [2.24, 2.45) is 0 Å². The van der Waals surface area contributed by atoms with Crippen molar-refractivity contribution in [3.8, 4) is 0 Å². The number of nitrogens with one attached hydrogen (secondary N) is 2. The number of pyridine rings is 1. The zero-order chi connectivity index (χ0) is 20.1. The molecule has 2 N–H and O–H groups in total. The maximum absolute atomic E-state index is 12.4. The molecule has 0 atom stereocenters. The molecule has 0 aliphatic rings. The fourth-order valence-corrected chi connectivity index (χ4v) is 3.05. The summed E-state index contributed by atoms with van der Waals surface area (Å²) in [6.07, 6.45) is 3.45. The van der Waals surface area contributed by atoms with Crippen LogP contribution in [-0.2, 0) is 17.8 Å². The van der Waals surface area contributed by atoms with Gasteiger partial charge in [0.05, 0.1) is 18.2 Å². The fraction of sp³-hybridized carbons (Fsp3) is 0.0870. The molecule has 29 heavy (non-hydrogen) atoms. The Morgan fingerprint density at radius 1 is 0.931 bits per heavy atom. The molecular formula is C23H19N3O3. The van der Waals surface area contributed by atoms with Crippen LogP contribution in [0.3, 0.4) is 0 Å². The molecule has 0 radical (unpaired) electrons. The first kappa shape index (κ1) is 18.4. The number of anilines is 1. The molecule has 2 aromatic heterocycles. The number of carbonyl (C=O) groups is 2. The Kier molecular flexibility index (Phi) is 5.33. The summed E-state index contributed by atoms with van der Waals surface area (Å²) in [5.41, 5.74) is 3.34. The van der Waals surface area contributed by atoms with Crippen LogP contribution in [0.5, 0.6) is 0 Å². The summed E-state index contributed by atoms with van der Waals surface area (Å²) in [5.74, 6) is -0.123. The Hall–Kier alpha value is -3.93. The molecule has 6 nitrogen and oxygen atoms in total. The van der Waals surface area contributed by atoms with Gasteiger partial charge in [-0.3, -0.25) is 14.6 Å². The van der Waals surface area contributed by atoms with Crippen LogP contribution in [0.1, 0.15) is 21.7 Å². The van der Waals surface area contributed by atoms with Crippen molar-refractivity contribution < 1.29 is 14.0 Å². The summed E-state index contributed by atoms with van der Waals surface area (Å²) in [6.45, 7) is 0.406. The number of hydrogen-bond donors (Lipinski definition) is 2. The number of para-hydroxylation sites is 1. The van der Waals surface area contributed by atoms with Gasteiger partial charge in [-0.1, -0.05) is 36.4 Å². The van der Waals surface area contributed by atoms with Crippen molar-refractivity contribution in [2.75, 3.05) is 5.32 Å². The molecule has 0 unspecified atom stereocenters. The Morgan fingerprint density at radius 3 is 2.55 bits per heavy atom. The standard InChI is InChI=1S/C23H19N3O3/c27-21(14-18-5-1-4-17-6-2-12-24-22(17)18)25-15-16-8-10-19(11-9-16)26-23(28)20-7-3-13-29-20/h1-13H,14-15H2,(H,25,27)(H,26,28). The third-order valence-electron chi connectivity index (χ3n) is 4.51. The molecule has 4 aromatic rings. The number of hydrogen-bond acceptors (Lipinski definition) is 4. The number of nitrogens with zero attached hydrogens (tertiary/aromatic N) is 1. The first-order valence-corrected chi connectivity index (χ1v) is 9.22. The van der Waals surface area contributed by atoms with Crippen molar-refractivity contribution in [3.05, 3.63) is 96.1 Å². The average molecular weight is 385 g/mol. The Labute approximate surface area is 167 Å². The monoisotopic (exact) mass is 385 g/mol. The second-order valence-corrected chi connectivity index (χ2v) is 6.57. The summed E-state index contributed by atoms with van der Waals surface area (Å²) < 4.78 is 5.07. The van der Waals surface area contributed by atoms with E-state index in [0.717, 1.165) is 22.0 Å². The number of benzene rings is 2. The summed E-state index contributed by atoms with van der Waals surface area (Å²) in [4.78, 5) is 28.7. The summed E-state index contributed by atoms with van der Waals surface area (Å²) >= 11 is 0. The number of carbonyl (C=O) groups excluding carboxylic acids is 2. The van der Waals surface area contributed by atoms with Crippen LogP contribution in [0.15, 0.2) is 83.6 Å². The molecular weight excluding hydrogens is 366 g/mol. The van der Waals surface area contributed by atoms with E-state index >= 15 is 0 Å². The maximum Gasteiger partial charge on any atom is 0.291 e. The Bertz CT molecular complexity index is 1130. The second kappa shape index (κ2) is 8.39. The zero-order valence-corrected chi connectivity index (χ0v) is 15.6. The number of fused-ring (bicyclic) bond motifs is 1. The van der Waals surface area contributed by atoms with Gasteiger partial charge in [0.15, 0.2) is 5.76 Å². The maximum atomic E-state index is 12.4. The lowest BCUT2D eigenvalue weighted by Crippen LogP contribution is -2.24. The lowest BCUT2D eigenvalue weighted by atomic mass is 10.1. The van der Waals surface area contributed by atoms with Crippen LogP contribution in [0, 0.1) is 0 Å². The van der Waals surface area contributed by atoms with Crippen LogP contribution >= 0.6 is 0 Å². The van der Waals surface area contributed by atoms with Gasteiger partial charge >= 0.3 is 0 Å². The lowest BCUT2D eigenvalue weighted by molar-refractivity contribution is -0.120. The molecule has 0 saturated heterocycles. The van der Waals surface area contributed by atoms with E-state index in [1.807, 2.05) is 42.5 Å². The highest BCUT2D eigenvalue weighted by atomic mass is 16.3. The molecule has 0 aliphatic heterocycles. The molecule has 144 valence electrons. The Balaban J connectivity index is 1.33. The highest BCUT2D eigenvalue weighted by Crippen LogP contribution is 2.16. The van der Waals surface area contributed by atoms with Crippen LogP contribution < -0.4 is 10.6 Å². The van der Waals surface area contributed by atoms with E-state index in [2.05, 4.69) is 15.6 Å². The minimum Gasteiger partial charge on any atom is -0.459 e. The summed E-state index contributed by atoms with van der Waals surface area (Å²) in [5, 5.41) is 6.70. The fourth-order valence-electron chi connectivity index (χ4n) is 3.05. The predicted octanol–water partition coefficient (Wildman–Crippen LogP) is 3.94. The first-order chi connectivity index (χ1) is 14.2. The van der Waals surface area contributed by atoms with Crippen molar-refractivity contribution >= 4 is 28.4 Å². The van der Waals surface area contributed by atoms with Crippen molar-refractivity contribution in [3.63, 3.8) is 0 Å². The highest BCUT2D eigenvalue weighted by molar-refractivity contribution is 6.02. The van der Waals surface area contributed by atoms with Crippen LogP contribution in [0.25, 0.3) is 10.9 Å². The van der Waals surface area contributed by atoms with Gasteiger partial charge < -0.3 is 15.1 Å². The number of rotatable bonds is 6. The van der Waals surface area contributed by atoms with Gasteiger partial charge in [-0.05, 0) is 41.5 Å². The molecule has 0 spiro atoms. The Morgan fingerprint density at radius 2 is 1.76 bits per heavy atom. The third kappa shape index (κ3) is 4.50. The normalized spacial score (nSPS) is 10.6. The minimum atomic E-state index is -0.306. The SMILES string of the molecule is O=C(Cc1cccc2cccnc12)NCc1ccc(NC(=O)c2ccco2)cc1. The number of aromatic nitrogens is 1. The molecule has 2 heterocycles. The number of furan rings is 1.